The van der Waals surface area contributed by atoms with Crippen LogP contribution in [0.2, 0.25) is 5.02 Å². The first-order chi connectivity index (χ1) is 17.8. The number of alkyl halides is 3. The molecule has 11 heteroatoms. The largest absolute Gasteiger partial charge is 0.454 e. The minimum absolute atomic E-state index is 0.0904. The summed E-state index contributed by atoms with van der Waals surface area (Å²) in [5.74, 6) is 1.34. The Labute approximate surface area is 218 Å². The fraction of sp³-hybridized carbons (Fsp3) is 0.500. The number of piperazine rings is 1. The lowest BCUT2D eigenvalue weighted by atomic mass is 10.0. The highest BCUT2D eigenvalue weighted by atomic mass is 35.5. The number of piperidine rings is 1. The van der Waals surface area contributed by atoms with E-state index in [1.807, 2.05) is 11.0 Å². The van der Waals surface area contributed by atoms with Gasteiger partial charge in [0.25, 0.3) is 0 Å². The average Bonchev–Trinajstić information content (AvgIpc) is 3.35. The van der Waals surface area contributed by atoms with Gasteiger partial charge >= 0.3 is 12.3 Å². The molecular formula is C26H29ClF3N3O4. The molecule has 37 heavy (non-hydrogen) atoms. The molecule has 2 saturated heterocycles. The van der Waals surface area contributed by atoms with E-state index in [4.69, 9.17) is 25.8 Å². The summed E-state index contributed by atoms with van der Waals surface area (Å²) >= 11 is 6.48. The van der Waals surface area contributed by atoms with Gasteiger partial charge in [0.2, 0.25) is 6.79 Å². The molecule has 5 rings (SSSR count). The zero-order valence-electron chi connectivity index (χ0n) is 20.3. The van der Waals surface area contributed by atoms with Crippen molar-refractivity contribution in [1.29, 1.82) is 0 Å². The lowest BCUT2D eigenvalue weighted by Crippen LogP contribution is -2.50. The average molecular weight is 540 g/mol. The second-order valence-corrected chi connectivity index (χ2v) is 9.92. The van der Waals surface area contributed by atoms with Crippen LogP contribution < -0.4 is 14.4 Å². The van der Waals surface area contributed by atoms with Gasteiger partial charge in [-0.1, -0.05) is 18.0 Å². The summed E-state index contributed by atoms with van der Waals surface area (Å²) in [6.07, 6.45) is -1.65. The van der Waals surface area contributed by atoms with E-state index >= 15 is 0 Å². The molecule has 2 aromatic carbocycles. The number of anilines is 1. The van der Waals surface area contributed by atoms with Gasteiger partial charge in [0.05, 0.1) is 5.56 Å². The number of amides is 1. The van der Waals surface area contributed by atoms with Gasteiger partial charge in [-0.2, -0.15) is 13.2 Å². The van der Waals surface area contributed by atoms with Gasteiger partial charge in [0.15, 0.2) is 11.5 Å². The first-order valence-electron chi connectivity index (χ1n) is 12.4. The smallest absolute Gasteiger partial charge is 0.416 e. The Morgan fingerprint density at radius 2 is 1.70 bits per heavy atom. The third-order valence-electron chi connectivity index (χ3n) is 7.16. The van der Waals surface area contributed by atoms with Crippen LogP contribution in [0.4, 0.5) is 23.7 Å². The molecule has 3 heterocycles. The predicted octanol–water partition coefficient (Wildman–Crippen LogP) is 5.40. The number of benzene rings is 2. The van der Waals surface area contributed by atoms with Crippen molar-refractivity contribution in [2.24, 2.45) is 0 Å². The van der Waals surface area contributed by atoms with Gasteiger partial charge in [-0.05, 0) is 55.3 Å². The van der Waals surface area contributed by atoms with E-state index in [0.29, 0.717) is 61.5 Å². The van der Waals surface area contributed by atoms with Crippen LogP contribution in [0.15, 0.2) is 36.4 Å². The molecule has 3 aliphatic rings. The van der Waals surface area contributed by atoms with Gasteiger partial charge in [0, 0.05) is 55.5 Å². The Morgan fingerprint density at radius 3 is 2.41 bits per heavy atom. The molecule has 0 N–H and O–H groups in total. The highest BCUT2D eigenvalue weighted by molar-refractivity contribution is 6.31. The van der Waals surface area contributed by atoms with E-state index in [1.165, 1.54) is 12.1 Å². The number of carbonyl (C=O) groups excluding carboxylic acids is 1. The zero-order valence-corrected chi connectivity index (χ0v) is 21.1. The van der Waals surface area contributed by atoms with Crippen LogP contribution in [0.5, 0.6) is 11.5 Å². The quantitative estimate of drug-likeness (QED) is 0.507. The summed E-state index contributed by atoms with van der Waals surface area (Å²) < 4.78 is 55.0. The summed E-state index contributed by atoms with van der Waals surface area (Å²) in [4.78, 5) is 18.7. The lowest BCUT2D eigenvalue weighted by Gasteiger charge is -2.37. The number of halogens is 4. The summed E-state index contributed by atoms with van der Waals surface area (Å²) in [6, 6.07) is 8.90. The fourth-order valence-electron chi connectivity index (χ4n) is 5.02. The lowest BCUT2D eigenvalue weighted by molar-refractivity contribution is -0.137. The van der Waals surface area contributed by atoms with Crippen LogP contribution >= 0.6 is 11.6 Å². The van der Waals surface area contributed by atoms with E-state index in [0.717, 1.165) is 43.5 Å². The number of fused-ring (bicyclic) bond motifs is 1. The minimum Gasteiger partial charge on any atom is -0.454 e. The molecule has 7 nitrogen and oxygen atoms in total. The van der Waals surface area contributed by atoms with Crippen molar-refractivity contribution in [1.82, 2.24) is 9.80 Å². The third-order valence-corrected chi connectivity index (χ3v) is 7.51. The molecule has 0 aliphatic carbocycles. The molecule has 2 aromatic rings. The van der Waals surface area contributed by atoms with Crippen molar-refractivity contribution in [2.45, 2.75) is 38.0 Å². The number of rotatable bonds is 5. The van der Waals surface area contributed by atoms with Crippen LogP contribution in [0.3, 0.4) is 0 Å². The maximum Gasteiger partial charge on any atom is 0.416 e. The number of ether oxygens (including phenoxy) is 3. The monoisotopic (exact) mass is 539 g/mol. The summed E-state index contributed by atoms with van der Waals surface area (Å²) in [5.41, 5.74) is 0.987. The molecule has 0 spiro atoms. The summed E-state index contributed by atoms with van der Waals surface area (Å²) in [6.45, 7) is 3.94. The molecule has 0 bridgehead atoms. The summed E-state index contributed by atoms with van der Waals surface area (Å²) in [5, 5.41) is 0.622. The van der Waals surface area contributed by atoms with Crippen molar-refractivity contribution < 1.29 is 32.2 Å². The molecule has 1 unspecified atom stereocenters. The van der Waals surface area contributed by atoms with Crippen molar-refractivity contribution in [2.75, 3.05) is 51.0 Å². The second kappa shape index (κ2) is 10.9. The van der Waals surface area contributed by atoms with Gasteiger partial charge in [-0.15, -0.1) is 0 Å². The van der Waals surface area contributed by atoms with Crippen LogP contribution in [0.1, 0.15) is 30.4 Å². The maximum absolute atomic E-state index is 12.8. The van der Waals surface area contributed by atoms with Crippen molar-refractivity contribution in [3.63, 3.8) is 0 Å². The van der Waals surface area contributed by atoms with Crippen LogP contribution in [0, 0.1) is 0 Å². The normalized spacial score (nSPS) is 20.3. The second-order valence-electron chi connectivity index (χ2n) is 9.51. The molecule has 0 saturated carbocycles. The molecule has 200 valence electrons. The van der Waals surface area contributed by atoms with Crippen molar-refractivity contribution in [3.05, 3.63) is 52.5 Å². The highest BCUT2D eigenvalue weighted by Gasteiger charge is 2.31. The first-order valence-corrected chi connectivity index (χ1v) is 12.8. The Hall–Kier alpha value is -2.85. The fourth-order valence-corrected chi connectivity index (χ4v) is 5.24. The van der Waals surface area contributed by atoms with Gasteiger partial charge in [-0.3, -0.25) is 4.90 Å². The molecule has 2 fully saturated rings. The zero-order chi connectivity index (χ0) is 26.0. The number of hydrogen-bond donors (Lipinski definition) is 0. The Bertz CT molecular complexity index is 1110. The van der Waals surface area contributed by atoms with Crippen LogP contribution in [0.25, 0.3) is 0 Å². The number of nitrogens with zero attached hydrogens (tertiary/aromatic N) is 3. The topological polar surface area (TPSA) is 54.5 Å². The molecule has 1 amide bonds. The van der Waals surface area contributed by atoms with E-state index in [2.05, 4.69) is 4.90 Å². The van der Waals surface area contributed by atoms with Crippen LogP contribution in [-0.4, -0.2) is 68.1 Å². The van der Waals surface area contributed by atoms with E-state index in [1.54, 1.807) is 11.0 Å². The number of hydrogen-bond acceptors (Lipinski definition) is 6. The van der Waals surface area contributed by atoms with Crippen molar-refractivity contribution >= 4 is 23.4 Å². The first kappa shape index (κ1) is 25.8. The number of carbonyl (C=O) groups is 1. The summed E-state index contributed by atoms with van der Waals surface area (Å²) in [7, 11) is 0. The Morgan fingerprint density at radius 1 is 1.00 bits per heavy atom. The van der Waals surface area contributed by atoms with E-state index in [9.17, 15) is 18.0 Å². The van der Waals surface area contributed by atoms with Gasteiger partial charge in [-0.25, -0.2) is 4.79 Å². The van der Waals surface area contributed by atoms with Crippen molar-refractivity contribution in [3.8, 4) is 11.5 Å². The molecular weight excluding hydrogens is 511 g/mol. The van der Waals surface area contributed by atoms with E-state index < -0.39 is 11.7 Å². The minimum atomic E-state index is -4.36. The van der Waals surface area contributed by atoms with Gasteiger partial charge in [0.1, 0.15) is 6.61 Å². The molecule has 3 aliphatic heterocycles. The standard InChI is InChI=1S/C26H29ClF3N3O4/c27-22-14-24-23(36-17-37-24)13-18(22)15-33-8-2-1-3-21(33)16-35-25(34)32-11-9-31(10-12-32)20-6-4-19(5-7-20)26(28,29)30/h4-7,13-14,21H,1-3,8-12,15-17H2. The molecule has 0 radical (unpaired) electrons. The molecule has 0 aromatic heterocycles. The van der Waals surface area contributed by atoms with Crippen LogP contribution in [-0.2, 0) is 17.5 Å². The number of likely N-dealkylation sites (tertiary alicyclic amines) is 1. The highest BCUT2D eigenvalue weighted by Crippen LogP contribution is 2.38. The van der Waals surface area contributed by atoms with E-state index in [-0.39, 0.29) is 18.9 Å². The molecule has 1 atom stereocenters. The maximum atomic E-state index is 12.8. The van der Waals surface area contributed by atoms with Gasteiger partial charge < -0.3 is 24.0 Å². The Kier molecular flexibility index (Phi) is 7.57. The third kappa shape index (κ3) is 6.01. The SMILES string of the molecule is O=C(OCC1CCCCN1Cc1cc2c(cc1Cl)OCO2)N1CCN(c2ccc(C(F)(F)F)cc2)CC1. The predicted molar refractivity (Wildman–Crippen MR) is 132 cm³/mol. The Balaban J connectivity index is 1.12.